The first kappa shape index (κ1) is 14.6. The van der Waals surface area contributed by atoms with Crippen molar-refractivity contribution in [2.24, 2.45) is 0 Å². The van der Waals surface area contributed by atoms with Crippen molar-refractivity contribution in [2.75, 3.05) is 16.0 Å². The fourth-order valence-electron chi connectivity index (χ4n) is 2.28. The van der Waals surface area contributed by atoms with E-state index in [0.717, 1.165) is 15.8 Å². The summed E-state index contributed by atoms with van der Waals surface area (Å²) in [7, 11) is 0. The van der Waals surface area contributed by atoms with Crippen molar-refractivity contribution in [3.8, 4) is 0 Å². The molecule has 0 aliphatic carbocycles. The Kier molecular flexibility index (Phi) is 4.11. The highest BCUT2D eigenvalue weighted by atomic mass is 79.9. The second-order valence-electron chi connectivity index (χ2n) is 4.96. The number of benzene rings is 2. The van der Waals surface area contributed by atoms with E-state index in [4.69, 9.17) is 0 Å². The molecule has 112 valence electrons. The first-order valence-electron chi connectivity index (χ1n) is 6.84. The van der Waals surface area contributed by atoms with Crippen LogP contribution in [0.5, 0.6) is 0 Å². The molecule has 2 aromatic carbocycles. The highest BCUT2D eigenvalue weighted by Gasteiger charge is 2.27. The second-order valence-corrected chi connectivity index (χ2v) is 5.82. The highest BCUT2D eigenvalue weighted by molar-refractivity contribution is 9.10. The summed E-state index contributed by atoms with van der Waals surface area (Å²) < 4.78 is 0.801. The fraction of sp³-hybridized carbons (Fsp3) is 0.125. The van der Waals surface area contributed by atoms with E-state index in [2.05, 4.69) is 31.9 Å². The van der Waals surface area contributed by atoms with E-state index in [1.165, 1.54) is 0 Å². The van der Waals surface area contributed by atoms with Crippen molar-refractivity contribution in [1.29, 1.82) is 0 Å². The molecule has 0 spiro atoms. The molecule has 1 aliphatic rings. The van der Waals surface area contributed by atoms with Gasteiger partial charge in [0.05, 0.1) is 23.5 Å². The van der Waals surface area contributed by atoms with Gasteiger partial charge >= 0.3 is 0 Å². The average Bonchev–Trinajstić information content (AvgIpc) is 2.50. The molecule has 2 aromatic rings. The third-order valence-corrected chi connectivity index (χ3v) is 4.06. The van der Waals surface area contributed by atoms with Crippen LogP contribution in [0.1, 0.15) is 6.42 Å². The van der Waals surface area contributed by atoms with Gasteiger partial charge in [-0.1, -0.05) is 24.3 Å². The van der Waals surface area contributed by atoms with Gasteiger partial charge in [0.1, 0.15) is 6.04 Å². The maximum atomic E-state index is 12.1. The number of hydrogen-bond acceptors (Lipinski definition) is 3. The summed E-state index contributed by atoms with van der Waals surface area (Å²) in [6.07, 6.45) is 0.0570. The predicted molar refractivity (Wildman–Crippen MR) is 89.9 cm³/mol. The van der Waals surface area contributed by atoms with Gasteiger partial charge in [-0.15, -0.1) is 0 Å². The molecule has 1 aliphatic heterocycles. The molecule has 1 unspecified atom stereocenters. The van der Waals surface area contributed by atoms with Crippen LogP contribution < -0.4 is 16.0 Å². The van der Waals surface area contributed by atoms with Crippen molar-refractivity contribution in [1.82, 2.24) is 0 Å². The summed E-state index contributed by atoms with van der Waals surface area (Å²) in [5, 5.41) is 8.69. The molecule has 1 atom stereocenters. The Labute approximate surface area is 136 Å². The molecular weight excluding hydrogens is 346 g/mol. The number of hydrogen-bond donors (Lipinski definition) is 3. The van der Waals surface area contributed by atoms with Gasteiger partial charge in [0.25, 0.3) is 0 Å². The van der Waals surface area contributed by atoms with Crippen LogP contribution in [0.2, 0.25) is 0 Å². The van der Waals surface area contributed by atoms with Gasteiger partial charge < -0.3 is 16.0 Å². The van der Waals surface area contributed by atoms with Crippen molar-refractivity contribution in [3.63, 3.8) is 0 Å². The molecule has 5 nitrogen and oxygen atoms in total. The predicted octanol–water partition coefficient (Wildman–Crippen LogP) is 3.21. The minimum absolute atomic E-state index is 0.0570. The zero-order valence-corrected chi connectivity index (χ0v) is 13.2. The van der Waals surface area contributed by atoms with E-state index in [1.54, 1.807) is 6.07 Å². The van der Waals surface area contributed by atoms with Crippen molar-refractivity contribution in [3.05, 3.63) is 53.0 Å². The lowest BCUT2D eigenvalue weighted by molar-refractivity contribution is -0.122. The van der Waals surface area contributed by atoms with Gasteiger partial charge in [-0.2, -0.15) is 0 Å². The smallest absolute Gasteiger partial charge is 0.247 e. The Morgan fingerprint density at radius 3 is 2.55 bits per heavy atom. The third kappa shape index (κ3) is 3.12. The van der Waals surface area contributed by atoms with Crippen LogP contribution in [0.4, 0.5) is 17.1 Å². The van der Waals surface area contributed by atoms with E-state index in [9.17, 15) is 9.59 Å². The first-order chi connectivity index (χ1) is 10.6. The van der Waals surface area contributed by atoms with Crippen LogP contribution in [0.15, 0.2) is 53.0 Å². The van der Waals surface area contributed by atoms with Gasteiger partial charge in [-0.25, -0.2) is 0 Å². The number of halogens is 1. The lowest BCUT2D eigenvalue weighted by Gasteiger charge is -2.26. The van der Waals surface area contributed by atoms with E-state index in [-0.39, 0.29) is 18.2 Å². The Hall–Kier alpha value is -2.34. The van der Waals surface area contributed by atoms with Crippen LogP contribution in [-0.2, 0) is 9.59 Å². The minimum Gasteiger partial charge on any atom is -0.372 e. The van der Waals surface area contributed by atoms with E-state index in [1.807, 2.05) is 42.5 Å². The Bertz CT molecular complexity index is 733. The zero-order chi connectivity index (χ0) is 15.5. The van der Waals surface area contributed by atoms with Crippen LogP contribution >= 0.6 is 15.9 Å². The van der Waals surface area contributed by atoms with Crippen molar-refractivity contribution >= 4 is 44.8 Å². The molecule has 0 saturated carbocycles. The molecule has 0 radical (unpaired) electrons. The number of anilines is 3. The normalized spacial score (nSPS) is 16.2. The summed E-state index contributed by atoms with van der Waals surface area (Å²) in [5.74, 6) is -0.431. The molecule has 0 fully saturated rings. The van der Waals surface area contributed by atoms with Crippen molar-refractivity contribution in [2.45, 2.75) is 12.5 Å². The maximum Gasteiger partial charge on any atom is 0.247 e. The highest BCUT2D eigenvalue weighted by Crippen LogP contribution is 2.27. The Balaban J connectivity index is 1.67. The summed E-state index contributed by atoms with van der Waals surface area (Å²) in [4.78, 5) is 24.2. The Morgan fingerprint density at radius 1 is 1.09 bits per heavy atom. The summed E-state index contributed by atoms with van der Waals surface area (Å²) in [6, 6.07) is 14.2. The number of nitrogens with one attached hydrogen (secondary N) is 3. The number of fused-ring (bicyclic) bond motifs is 1. The Morgan fingerprint density at radius 2 is 1.77 bits per heavy atom. The van der Waals surface area contributed by atoms with Gasteiger partial charge in [0.15, 0.2) is 0 Å². The fourth-order valence-corrected chi connectivity index (χ4v) is 2.67. The standard InChI is InChI=1S/C16H14BrN3O2/c17-10-5-1-2-6-11(10)19-15(21)9-14-16(22)20-13-8-4-3-7-12(13)18-14/h1-8,14,18H,9H2,(H,19,21)(H,20,22). The van der Waals surface area contributed by atoms with Crippen LogP contribution in [0, 0.1) is 0 Å². The molecule has 6 heteroatoms. The van der Waals surface area contributed by atoms with Crippen LogP contribution in [-0.4, -0.2) is 17.9 Å². The van der Waals surface area contributed by atoms with Crippen LogP contribution in [0.3, 0.4) is 0 Å². The quantitative estimate of drug-likeness (QED) is 0.787. The lowest BCUT2D eigenvalue weighted by Crippen LogP contribution is -2.41. The molecule has 0 saturated heterocycles. The SMILES string of the molecule is O=C(CC1Nc2ccccc2NC1=O)Nc1ccccc1Br. The second kappa shape index (κ2) is 6.19. The zero-order valence-electron chi connectivity index (χ0n) is 11.6. The van der Waals surface area contributed by atoms with Gasteiger partial charge in [0, 0.05) is 4.47 Å². The summed E-state index contributed by atoms with van der Waals surface area (Å²) in [6.45, 7) is 0. The number of carbonyl (C=O) groups excluding carboxylic acids is 2. The number of para-hydroxylation sites is 3. The largest absolute Gasteiger partial charge is 0.372 e. The van der Waals surface area contributed by atoms with E-state index < -0.39 is 6.04 Å². The third-order valence-electron chi connectivity index (χ3n) is 3.37. The molecule has 3 rings (SSSR count). The van der Waals surface area contributed by atoms with Crippen LogP contribution in [0.25, 0.3) is 0 Å². The molecule has 22 heavy (non-hydrogen) atoms. The maximum absolute atomic E-state index is 12.1. The van der Waals surface area contributed by atoms with Gasteiger partial charge in [-0.3, -0.25) is 9.59 Å². The topological polar surface area (TPSA) is 70.2 Å². The molecule has 0 bridgehead atoms. The molecular formula is C16H14BrN3O2. The summed E-state index contributed by atoms with van der Waals surface area (Å²) in [5.41, 5.74) is 2.24. The monoisotopic (exact) mass is 359 g/mol. The number of amides is 2. The van der Waals surface area contributed by atoms with Crippen molar-refractivity contribution < 1.29 is 9.59 Å². The number of rotatable bonds is 3. The molecule has 3 N–H and O–H groups in total. The average molecular weight is 360 g/mol. The molecule has 0 aromatic heterocycles. The minimum atomic E-state index is -0.586. The van der Waals surface area contributed by atoms with E-state index >= 15 is 0 Å². The summed E-state index contributed by atoms with van der Waals surface area (Å²) >= 11 is 3.37. The van der Waals surface area contributed by atoms with Gasteiger partial charge in [0.2, 0.25) is 11.8 Å². The molecule has 2 amide bonds. The van der Waals surface area contributed by atoms with E-state index in [0.29, 0.717) is 5.69 Å². The van der Waals surface area contributed by atoms with Gasteiger partial charge in [-0.05, 0) is 40.2 Å². The number of carbonyl (C=O) groups is 2. The lowest BCUT2D eigenvalue weighted by atomic mass is 10.1. The first-order valence-corrected chi connectivity index (χ1v) is 7.63. The molecule has 1 heterocycles.